The van der Waals surface area contributed by atoms with Crippen LogP contribution in [-0.4, -0.2) is 30.2 Å². The molecule has 0 spiro atoms. The number of hydrogen-bond acceptors (Lipinski definition) is 5. The number of fused-ring (bicyclic) bond motifs is 1. The SMILES string of the molecule is COC(=O)c1cc(OC)cc2c(=O)[nH]cnc12. The van der Waals surface area contributed by atoms with E-state index in [2.05, 4.69) is 14.7 Å². The molecule has 0 aliphatic heterocycles. The third-order valence-corrected chi connectivity index (χ3v) is 2.36. The second kappa shape index (κ2) is 4.25. The van der Waals surface area contributed by atoms with Crippen molar-refractivity contribution >= 4 is 16.9 Å². The van der Waals surface area contributed by atoms with Crippen LogP contribution in [0.3, 0.4) is 0 Å². The molecule has 2 aromatic rings. The van der Waals surface area contributed by atoms with Crippen LogP contribution >= 0.6 is 0 Å². The Hall–Kier alpha value is -2.37. The average molecular weight is 234 g/mol. The summed E-state index contributed by atoms with van der Waals surface area (Å²) in [7, 11) is 2.72. The van der Waals surface area contributed by atoms with Crippen LogP contribution in [0.4, 0.5) is 0 Å². The first-order chi connectivity index (χ1) is 8.17. The molecule has 1 aromatic carbocycles. The predicted molar refractivity (Wildman–Crippen MR) is 60.3 cm³/mol. The fourth-order valence-electron chi connectivity index (χ4n) is 1.54. The molecule has 0 radical (unpaired) electrons. The summed E-state index contributed by atoms with van der Waals surface area (Å²) in [5, 5.41) is 0.284. The van der Waals surface area contributed by atoms with Crippen molar-refractivity contribution in [1.82, 2.24) is 9.97 Å². The maximum atomic E-state index is 11.6. The number of methoxy groups -OCH3 is 2. The van der Waals surface area contributed by atoms with Crippen molar-refractivity contribution in [3.05, 3.63) is 34.4 Å². The summed E-state index contributed by atoms with van der Waals surface area (Å²) < 4.78 is 9.66. The van der Waals surface area contributed by atoms with Gasteiger partial charge in [0, 0.05) is 0 Å². The number of H-pyrrole nitrogens is 1. The van der Waals surface area contributed by atoms with Crippen molar-refractivity contribution in [2.75, 3.05) is 14.2 Å². The predicted octanol–water partition coefficient (Wildman–Crippen LogP) is 0.718. The highest BCUT2D eigenvalue weighted by Crippen LogP contribution is 2.21. The monoisotopic (exact) mass is 234 g/mol. The zero-order chi connectivity index (χ0) is 12.4. The average Bonchev–Trinajstić information content (AvgIpc) is 2.37. The molecule has 0 saturated carbocycles. The first kappa shape index (κ1) is 11.1. The van der Waals surface area contributed by atoms with Crippen molar-refractivity contribution in [1.29, 1.82) is 0 Å². The maximum Gasteiger partial charge on any atom is 0.340 e. The van der Waals surface area contributed by atoms with Crippen molar-refractivity contribution in [2.24, 2.45) is 0 Å². The molecule has 1 N–H and O–H groups in total. The summed E-state index contributed by atoms with van der Waals surface area (Å²) in [6, 6.07) is 3.01. The number of aromatic nitrogens is 2. The van der Waals surface area contributed by atoms with Gasteiger partial charge in [-0.1, -0.05) is 0 Å². The number of carbonyl (C=O) groups is 1. The highest BCUT2D eigenvalue weighted by Gasteiger charge is 2.15. The number of carbonyl (C=O) groups excluding carboxylic acids is 1. The van der Waals surface area contributed by atoms with Crippen molar-refractivity contribution in [3.63, 3.8) is 0 Å². The third-order valence-electron chi connectivity index (χ3n) is 2.36. The lowest BCUT2D eigenvalue weighted by Gasteiger charge is -2.06. The quantitative estimate of drug-likeness (QED) is 0.774. The Morgan fingerprint density at radius 1 is 1.35 bits per heavy atom. The molecule has 0 fully saturated rings. The molecule has 0 amide bonds. The highest BCUT2D eigenvalue weighted by molar-refractivity contribution is 6.03. The summed E-state index contributed by atoms with van der Waals surface area (Å²) in [4.78, 5) is 29.6. The Balaban J connectivity index is 2.85. The molecule has 1 heterocycles. The van der Waals surface area contributed by atoms with E-state index in [4.69, 9.17) is 4.74 Å². The molecule has 17 heavy (non-hydrogen) atoms. The number of aromatic amines is 1. The van der Waals surface area contributed by atoms with Crippen LogP contribution in [0.25, 0.3) is 10.9 Å². The number of rotatable bonds is 2. The zero-order valence-electron chi connectivity index (χ0n) is 9.31. The minimum absolute atomic E-state index is 0.202. The number of esters is 1. The second-order valence-corrected chi connectivity index (χ2v) is 3.29. The Kier molecular flexibility index (Phi) is 2.78. The second-order valence-electron chi connectivity index (χ2n) is 3.29. The molecule has 0 aliphatic carbocycles. The van der Waals surface area contributed by atoms with Gasteiger partial charge in [-0.3, -0.25) is 4.79 Å². The molecule has 0 atom stereocenters. The molecule has 0 aliphatic rings. The lowest BCUT2D eigenvalue weighted by Crippen LogP contribution is -2.11. The fourth-order valence-corrected chi connectivity index (χ4v) is 1.54. The van der Waals surface area contributed by atoms with Crippen LogP contribution in [0.15, 0.2) is 23.3 Å². The van der Waals surface area contributed by atoms with Gasteiger partial charge in [0.1, 0.15) is 5.75 Å². The number of nitrogens with one attached hydrogen (secondary N) is 1. The number of nitrogens with zero attached hydrogens (tertiary/aromatic N) is 1. The molecular weight excluding hydrogens is 224 g/mol. The summed E-state index contributed by atoms with van der Waals surface area (Å²) in [6.45, 7) is 0. The van der Waals surface area contributed by atoms with Gasteiger partial charge in [-0.15, -0.1) is 0 Å². The van der Waals surface area contributed by atoms with Gasteiger partial charge in [0.2, 0.25) is 0 Å². The molecule has 0 saturated heterocycles. The van der Waals surface area contributed by atoms with Gasteiger partial charge in [0.05, 0.1) is 37.0 Å². The van der Waals surface area contributed by atoms with Crippen LogP contribution in [0, 0.1) is 0 Å². The van der Waals surface area contributed by atoms with Crippen LogP contribution in [-0.2, 0) is 4.74 Å². The Labute approximate surface area is 96.2 Å². The smallest absolute Gasteiger partial charge is 0.340 e. The van der Waals surface area contributed by atoms with Gasteiger partial charge < -0.3 is 14.5 Å². The van der Waals surface area contributed by atoms with Gasteiger partial charge in [0.15, 0.2) is 0 Å². The Bertz CT molecular complexity index is 633. The van der Waals surface area contributed by atoms with E-state index in [0.29, 0.717) is 11.3 Å². The fraction of sp³-hybridized carbons (Fsp3) is 0.182. The van der Waals surface area contributed by atoms with Crippen LogP contribution in [0.2, 0.25) is 0 Å². The van der Waals surface area contributed by atoms with E-state index in [9.17, 15) is 9.59 Å². The maximum absolute atomic E-state index is 11.6. The van der Waals surface area contributed by atoms with Gasteiger partial charge in [-0.05, 0) is 12.1 Å². The van der Waals surface area contributed by atoms with Crippen molar-refractivity contribution in [3.8, 4) is 5.75 Å². The van der Waals surface area contributed by atoms with Crippen LogP contribution in [0.1, 0.15) is 10.4 Å². The van der Waals surface area contributed by atoms with E-state index in [1.54, 1.807) is 0 Å². The summed E-state index contributed by atoms with van der Waals surface area (Å²) >= 11 is 0. The normalized spacial score (nSPS) is 10.2. The summed E-state index contributed by atoms with van der Waals surface area (Å²) in [5.41, 5.74) is 0.161. The molecule has 2 rings (SSSR count). The lowest BCUT2D eigenvalue weighted by molar-refractivity contribution is 0.0602. The molecule has 1 aromatic heterocycles. The van der Waals surface area contributed by atoms with E-state index in [1.807, 2.05) is 0 Å². The Morgan fingerprint density at radius 3 is 2.76 bits per heavy atom. The highest BCUT2D eigenvalue weighted by atomic mass is 16.5. The first-order valence-corrected chi connectivity index (χ1v) is 4.81. The molecule has 88 valence electrons. The van der Waals surface area contributed by atoms with Gasteiger partial charge in [0.25, 0.3) is 5.56 Å². The molecule has 0 unspecified atom stereocenters. The molecule has 6 heteroatoms. The van der Waals surface area contributed by atoms with Gasteiger partial charge in [-0.25, -0.2) is 9.78 Å². The third kappa shape index (κ3) is 1.84. The van der Waals surface area contributed by atoms with Crippen LogP contribution < -0.4 is 10.3 Å². The number of benzene rings is 1. The van der Waals surface area contributed by atoms with Crippen LogP contribution in [0.5, 0.6) is 5.75 Å². The van der Waals surface area contributed by atoms with E-state index >= 15 is 0 Å². The Morgan fingerprint density at radius 2 is 2.12 bits per heavy atom. The van der Waals surface area contributed by atoms with E-state index in [1.165, 1.54) is 32.7 Å². The molecular formula is C11H10N2O4. The standard InChI is InChI=1S/C11H10N2O4/c1-16-6-3-7-9(12-5-13-10(7)14)8(4-6)11(15)17-2/h3-5H,1-2H3,(H,12,13,14). The zero-order valence-corrected chi connectivity index (χ0v) is 9.31. The summed E-state index contributed by atoms with van der Waals surface area (Å²) in [5.74, 6) is -0.164. The number of hydrogen-bond donors (Lipinski definition) is 1. The summed E-state index contributed by atoms with van der Waals surface area (Å²) in [6.07, 6.45) is 1.24. The molecule has 0 bridgehead atoms. The van der Waals surface area contributed by atoms with E-state index in [-0.39, 0.29) is 16.5 Å². The first-order valence-electron chi connectivity index (χ1n) is 4.81. The van der Waals surface area contributed by atoms with Crippen molar-refractivity contribution < 1.29 is 14.3 Å². The number of ether oxygens (including phenoxy) is 2. The minimum atomic E-state index is -0.563. The van der Waals surface area contributed by atoms with E-state index < -0.39 is 5.97 Å². The topological polar surface area (TPSA) is 81.3 Å². The largest absolute Gasteiger partial charge is 0.497 e. The van der Waals surface area contributed by atoms with Gasteiger partial charge in [-0.2, -0.15) is 0 Å². The van der Waals surface area contributed by atoms with E-state index in [0.717, 1.165) is 0 Å². The minimum Gasteiger partial charge on any atom is -0.497 e. The van der Waals surface area contributed by atoms with Gasteiger partial charge >= 0.3 is 5.97 Å². The van der Waals surface area contributed by atoms with Crippen molar-refractivity contribution in [2.45, 2.75) is 0 Å². The molecule has 6 nitrogen and oxygen atoms in total. The lowest BCUT2D eigenvalue weighted by atomic mass is 10.1.